The summed E-state index contributed by atoms with van der Waals surface area (Å²) in [6.45, 7) is 11.2. The molecule has 5 aliphatic rings. The van der Waals surface area contributed by atoms with E-state index >= 15 is 0 Å². The first-order valence-electron chi connectivity index (χ1n) is 18.2. The van der Waals surface area contributed by atoms with E-state index in [9.17, 15) is 10.1 Å². The molecule has 0 aromatic rings. The summed E-state index contributed by atoms with van der Waals surface area (Å²) in [7, 11) is 0. The van der Waals surface area contributed by atoms with Gasteiger partial charge in [-0.15, -0.1) is 0 Å². The summed E-state index contributed by atoms with van der Waals surface area (Å²) in [5.41, 5.74) is 2.07. The lowest BCUT2D eigenvalue weighted by molar-refractivity contribution is -0.244. The lowest BCUT2D eigenvalue weighted by atomic mass is 9.79. The van der Waals surface area contributed by atoms with Crippen molar-refractivity contribution in [3.05, 3.63) is 48.1 Å². The average molecular weight is 636 g/mol. The lowest BCUT2D eigenvalue weighted by Gasteiger charge is -2.44. The van der Waals surface area contributed by atoms with E-state index in [1.807, 2.05) is 13.0 Å². The Balaban J connectivity index is 1.37. The zero-order valence-corrected chi connectivity index (χ0v) is 28.4. The molecule has 0 N–H and O–H groups in total. The Morgan fingerprint density at radius 1 is 0.913 bits per heavy atom. The molecule has 8 bridgehead atoms. The molecule has 5 rings (SSSR count). The van der Waals surface area contributed by atoms with E-state index in [4.69, 9.17) is 23.7 Å². The number of nitrogens with zero attached hydrogens (tertiary/aromatic N) is 1. The predicted molar refractivity (Wildman–Crippen MR) is 179 cm³/mol. The van der Waals surface area contributed by atoms with Gasteiger partial charge in [-0.25, -0.2) is 4.79 Å². The number of hydrogen-bond acceptors (Lipinski definition) is 7. The fourth-order valence-corrected chi connectivity index (χ4v) is 8.47. The maximum absolute atomic E-state index is 13.2. The van der Waals surface area contributed by atoms with E-state index in [-0.39, 0.29) is 60.7 Å². The summed E-state index contributed by atoms with van der Waals surface area (Å²) in [5, 5.41) is 9.37. The first-order valence-corrected chi connectivity index (χ1v) is 18.2. The van der Waals surface area contributed by atoms with Crippen LogP contribution in [0.4, 0.5) is 0 Å². The van der Waals surface area contributed by atoms with Crippen LogP contribution in [0.5, 0.6) is 0 Å². The van der Waals surface area contributed by atoms with E-state index in [0.29, 0.717) is 18.3 Å². The van der Waals surface area contributed by atoms with Crippen LogP contribution in [0.3, 0.4) is 0 Å². The van der Waals surface area contributed by atoms with Crippen molar-refractivity contribution in [2.24, 2.45) is 23.7 Å². The first-order chi connectivity index (χ1) is 22.3. The van der Waals surface area contributed by atoms with Crippen LogP contribution >= 0.6 is 0 Å². The summed E-state index contributed by atoms with van der Waals surface area (Å²) in [5.74, 6) is 0.570. The van der Waals surface area contributed by atoms with Gasteiger partial charge in [0, 0.05) is 36.3 Å². The van der Waals surface area contributed by atoms with E-state index < -0.39 is 0 Å². The molecule has 0 spiro atoms. The number of ether oxygens (including phenoxy) is 5. The number of esters is 1. The molecule has 0 aromatic heterocycles. The van der Waals surface area contributed by atoms with Gasteiger partial charge in [0.15, 0.2) is 6.29 Å². The number of hydrogen-bond donors (Lipinski definition) is 0. The fourth-order valence-electron chi connectivity index (χ4n) is 8.47. The van der Waals surface area contributed by atoms with Crippen LogP contribution in [0.15, 0.2) is 48.1 Å². The third-order valence-electron chi connectivity index (χ3n) is 11.0. The van der Waals surface area contributed by atoms with E-state index in [2.05, 4.69) is 38.6 Å². The molecule has 254 valence electrons. The summed E-state index contributed by atoms with van der Waals surface area (Å²) in [6, 6.07) is 2.16. The van der Waals surface area contributed by atoms with Crippen LogP contribution in [0.1, 0.15) is 111 Å². The normalized spacial score (nSPS) is 40.6. The minimum absolute atomic E-state index is 0.0136. The Morgan fingerprint density at radius 3 is 2.54 bits per heavy atom. The molecule has 4 heterocycles. The van der Waals surface area contributed by atoms with Gasteiger partial charge < -0.3 is 23.7 Å². The zero-order chi connectivity index (χ0) is 32.5. The molecule has 1 saturated carbocycles. The lowest BCUT2D eigenvalue weighted by Crippen LogP contribution is -2.50. The van der Waals surface area contributed by atoms with Crippen molar-refractivity contribution in [1.82, 2.24) is 0 Å². The van der Waals surface area contributed by atoms with Crippen molar-refractivity contribution in [1.29, 1.82) is 5.26 Å². The minimum Gasteiger partial charge on any atom is -0.458 e. The predicted octanol–water partition coefficient (Wildman–Crippen LogP) is 8.31. The smallest absolute Gasteiger partial charge is 0.330 e. The van der Waals surface area contributed by atoms with Gasteiger partial charge in [-0.05, 0) is 76.2 Å². The number of rotatable bonds is 1. The molecule has 46 heavy (non-hydrogen) atoms. The molecule has 1 aliphatic carbocycles. The van der Waals surface area contributed by atoms with Gasteiger partial charge >= 0.3 is 5.97 Å². The largest absolute Gasteiger partial charge is 0.458 e. The molecule has 4 aliphatic heterocycles. The average Bonchev–Trinajstić information content (AvgIpc) is 3.02. The third kappa shape index (κ3) is 9.66. The van der Waals surface area contributed by atoms with Crippen LogP contribution in [0.2, 0.25) is 0 Å². The molecule has 11 atom stereocenters. The molecule has 11 unspecified atom stereocenters. The summed E-state index contributed by atoms with van der Waals surface area (Å²) < 4.78 is 32.3. The van der Waals surface area contributed by atoms with E-state index in [1.54, 1.807) is 12.2 Å². The highest BCUT2D eigenvalue weighted by Gasteiger charge is 2.43. The van der Waals surface area contributed by atoms with E-state index in [1.165, 1.54) is 50.5 Å². The maximum atomic E-state index is 13.2. The molecular weight excluding hydrogens is 578 g/mol. The standard InChI is InChI=1S/C39H57NO6/c1-26-23-32-16-10-18-36(41)46-38-28(3)35(45-37(29(38)4)27(2)19-21-40)17-9-13-30-11-6-5-7-14-31(15-8-12-30)39-42-22-20-33(44-39)25-34(24-26)43-32/h9-10,13,18-19,28-35,37-39H,1,5-8,11-12,14-17,20,22-25H2,2-4H3. The van der Waals surface area contributed by atoms with Gasteiger partial charge in [-0.3, -0.25) is 0 Å². The second-order valence-electron chi connectivity index (χ2n) is 14.7. The highest BCUT2D eigenvalue weighted by Crippen LogP contribution is 2.38. The molecule has 0 aromatic carbocycles. The SMILES string of the molecule is C=C1CC2CC=CC(=O)OC3C(C)C(CC=CC4CCCCCC(CCC4)C4OCCC(CC(C1)O2)O4)OC(C(C)=CC#N)C3C. The number of carbonyl (C=O) groups excluding carboxylic acids is 1. The van der Waals surface area contributed by atoms with Gasteiger partial charge in [-0.1, -0.05) is 69.9 Å². The van der Waals surface area contributed by atoms with Crippen molar-refractivity contribution >= 4 is 5.97 Å². The van der Waals surface area contributed by atoms with Crippen LogP contribution in [0.25, 0.3) is 0 Å². The Bertz CT molecular complexity index is 1150. The van der Waals surface area contributed by atoms with Crippen molar-refractivity contribution in [2.75, 3.05) is 6.61 Å². The Kier molecular flexibility index (Phi) is 13.1. The molecule has 7 nitrogen and oxygen atoms in total. The quantitative estimate of drug-likeness (QED) is 0.163. The molecular formula is C39H57NO6. The van der Waals surface area contributed by atoms with Crippen molar-refractivity contribution in [3.63, 3.8) is 0 Å². The second kappa shape index (κ2) is 17.2. The van der Waals surface area contributed by atoms with Crippen molar-refractivity contribution in [2.45, 2.75) is 154 Å². The van der Waals surface area contributed by atoms with Crippen molar-refractivity contribution < 1.29 is 28.5 Å². The molecule has 4 fully saturated rings. The van der Waals surface area contributed by atoms with Gasteiger partial charge in [0.1, 0.15) is 6.10 Å². The number of nitriles is 1. The van der Waals surface area contributed by atoms with Gasteiger partial charge in [0.05, 0.1) is 43.2 Å². The number of fused-ring (bicyclic) bond motifs is 11. The summed E-state index contributed by atoms with van der Waals surface area (Å²) in [6.07, 6.45) is 23.4. The molecule has 0 radical (unpaired) electrons. The molecule has 3 saturated heterocycles. The molecule has 7 heteroatoms. The highest BCUT2D eigenvalue weighted by atomic mass is 16.7. The zero-order valence-electron chi connectivity index (χ0n) is 28.4. The Morgan fingerprint density at radius 2 is 1.70 bits per heavy atom. The van der Waals surface area contributed by atoms with E-state index in [0.717, 1.165) is 50.7 Å². The number of allylic oxidation sites excluding steroid dienone is 2. The van der Waals surface area contributed by atoms with Crippen molar-refractivity contribution in [3.8, 4) is 6.07 Å². The van der Waals surface area contributed by atoms with Crippen LogP contribution in [0, 0.1) is 35.0 Å². The summed E-state index contributed by atoms with van der Waals surface area (Å²) in [4.78, 5) is 13.2. The summed E-state index contributed by atoms with van der Waals surface area (Å²) >= 11 is 0. The van der Waals surface area contributed by atoms with Crippen LogP contribution in [-0.2, 0) is 28.5 Å². The maximum Gasteiger partial charge on any atom is 0.330 e. The Labute approximate surface area is 277 Å². The Hall–Kier alpha value is -2.24. The molecule has 0 amide bonds. The second-order valence-corrected chi connectivity index (χ2v) is 14.7. The number of carbonyl (C=O) groups is 1. The van der Waals surface area contributed by atoms with Crippen LogP contribution in [-0.4, -0.2) is 55.5 Å². The third-order valence-corrected chi connectivity index (χ3v) is 11.0. The minimum atomic E-state index is -0.341. The van der Waals surface area contributed by atoms with Crippen LogP contribution < -0.4 is 0 Å². The van der Waals surface area contributed by atoms with Gasteiger partial charge in [0.2, 0.25) is 0 Å². The monoisotopic (exact) mass is 635 g/mol. The van der Waals surface area contributed by atoms with Gasteiger partial charge in [0.25, 0.3) is 0 Å². The highest BCUT2D eigenvalue weighted by molar-refractivity contribution is 5.82. The van der Waals surface area contributed by atoms with Gasteiger partial charge in [-0.2, -0.15) is 5.26 Å². The topological polar surface area (TPSA) is 87.0 Å². The first kappa shape index (κ1) is 35.1. The fraction of sp³-hybridized carbons (Fsp3) is 0.744.